The predicted molar refractivity (Wildman–Crippen MR) is 141 cm³/mol. The number of carbonyl (C=O) groups is 3. The van der Waals surface area contributed by atoms with Gasteiger partial charge in [0.15, 0.2) is 0 Å². The number of anilines is 1. The highest BCUT2D eigenvalue weighted by atomic mass is 32.1. The standard InChI is InChI=1S/C27H26F3N5O4S/c1-12-8-17(27(28,29)30)33-21(20(12)32-13-5-7-34(10-13)25(38)39)15-4-6-31-16-9-14(40-22(15)16)11-35-23(36)18-19(24(35)37)26(18,2)3/h4,6,8-9,13,18-19,32H,5,7,10-11H2,1-3H3,(H,38,39). The highest BCUT2D eigenvalue weighted by molar-refractivity contribution is 7.19. The SMILES string of the molecule is Cc1cc(C(F)(F)F)nc(-c2ccnc3cc(CN4C(=O)C5C(C4=O)C5(C)C)sc23)c1NC1CCN(C(=O)O)C1. The van der Waals surface area contributed by atoms with Crippen molar-refractivity contribution < 1.29 is 32.7 Å². The number of nitrogens with one attached hydrogen (secondary N) is 1. The van der Waals surface area contributed by atoms with Gasteiger partial charge in [-0.15, -0.1) is 11.3 Å². The molecule has 0 aromatic carbocycles. The number of imide groups is 1. The molecule has 3 atom stereocenters. The van der Waals surface area contributed by atoms with E-state index < -0.39 is 18.0 Å². The number of piperidine rings is 1. The number of amides is 3. The van der Waals surface area contributed by atoms with E-state index in [0.29, 0.717) is 44.9 Å². The number of carbonyl (C=O) groups excluding carboxylic acids is 2. The molecule has 40 heavy (non-hydrogen) atoms. The average molecular weight is 574 g/mol. The van der Waals surface area contributed by atoms with Crippen LogP contribution in [0.15, 0.2) is 24.4 Å². The summed E-state index contributed by atoms with van der Waals surface area (Å²) < 4.78 is 42.0. The minimum atomic E-state index is -4.68. The van der Waals surface area contributed by atoms with Gasteiger partial charge in [0, 0.05) is 35.8 Å². The van der Waals surface area contributed by atoms with Crippen molar-refractivity contribution in [3.8, 4) is 11.3 Å². The van der Waals surface area contributed by atoms with Crippen LogP contribution in [-0.2, 0) is 22.3 Å². The van der Waals surface area contributed by atoms with Crippen molar-refractivity contribution in [3.63, 3.8) is 0 Å². The Bertz CT molecular complexity index is 1560. The number of likely N-dealkylation sites (tertiary alicyclic amines) is 2. The Morgan fingerprint density at radius 1 is 1.23 bits per heavy atom. The van der Waals surface area contributed by atoms with Crippen LogP contribution >= 0.6 is 11.3 Å². The van der Waals surface area contributed by atoms with Crippen molar-refractivity contribution in [3.05, 3.63) is 40.5 Å². The molecule has 9 nitrogen and oxygen atoms in total. The van der Waals surface area contributed by atoms with Crippen LogP contribution in [0.3, 0.4) is 0 Å². The van der Waals surface area contributed by atoms with E-state index in [2.05, 4.69) is 15.3 Å². The molecular weight excluding hydrogens is 547 g/mol. The number of thiophene rings is 1. The van der Waals surface area contributed by atoms with Crippen LogP contribution in [0.25, 0.3) is 21.5 Å². The maximum atomic E-state index is 13.8. The third-order valence-corrected chi connectivity index (χ3v) is 9.38. The summed E-state index contributed by atoms with van der Waals surface area (Å²) in [5.41, 5.74) is 0.371. The van der Waals surface area contributed by atoms with E-state index in [-0.39, 0.29) is 53.9 Å². The summed E-state index contributed by atoms with van der Waals surface area (Å²) in [6, 6.07) is 4.02. The van der Waals surface area contributed by atoms with Crippen LogP contribution in [0.4, 0.5) is 23.7 Å². The molecule has 3 aliphatic rings. The third kappa shape index (κ3) is 4.18. The Hall–Kier alpha value is -3.74. The monoisotopic (exact) mass is 573 g/mol. The number of alkyl halides is 3. The molecule has 0 spiro atoms. The van der Waals surface area contributed by atoms with Gasteiger partial charge in [0.2, 0.25) is 11.8 Å². The summed E-state index contributed by atoms with van der Waals surface area (Å²) in [6.07, 6.45) is -3.74. The fourth-order valence-corrected chi connectivity index (χ4v) is 7.14. The molecule has 3 fully saturated rings. The van der Waals surface area contributed by atoms with Gasteiger partial charge < -0.3 is 15.3 Å². The van der Waals surface area contributed by atoms with E-state index in [1.165, 1.54) is 27.3 Å². The quantitative estimate of drug-likeness (QED) is 0.413. The first-order valence-corrected chi connectivity index (χ1v) is 13.6. The fourth-order valence-electron chi connectivity index (χ4n) is 6.02. The van der Waals surface area contributed by atoms with E-state index in [1.54, 1.807) is 19.1 Å². The maximum absolute atomic E-state index is 13.8. The minimum Gasteiger partial charge on any atom is -0.465 e. The van der Waals surface area contributed by atoms with Gasteiger partial charge in [0.1, 0.15) is 5.69 Å². The summed E-state index contributed by atoms with van der Waals surface area (Å²) in [4.78, 5) is 48.7. The van der Waals surface area contributed by atoms with Crippen molar-refractivity contribution in [2.75, 3.05) is 18.4 Å². The van der Waals surface area contributed by atoms with Gasteiger partial charge in [0.05, 0.1) is 40.0 Å². The molecule has 6 rings (SSSR count). The number of nitrogens with zero attached hydrogens (tertiary/aromatic N) is 4. The normalized spacial score (nSPS) is 23.7. The zero-order valence-electron chi connectivity index (χ0n) is 21.9. The zero-order valence-corrected chi connectivity index (χ0v) is 22.7. The van der Waals surface area contributed by atoms with Crippen LogP contribution in [0.5, 0.6) is 0 Å². The first kappa shape index (κ1) is 26.5. The molecule has 2 saturated heterocycles. The number of aryl methyl sites for hydroxylation is 1. The van der Waals surface area contributed by atoms with E-state index in [0.717, 1.165) is 6.07 Å². The Labute approximate surface area is 231 Å². The Kier molecular flexibility index (Phi) is 5.88. The van der Waals surface area contributed by atoms with Gasteiger partial charge in [-0.3, -0.25) is 19.5 Å². The summed E-state index contributed by atoms with van der Waals surface area (Å²) in [5.74, 6) is -0.998. The minimum absolute atomic E-state index is 0.0778. The fraction of sp³-hybridized carbons (Fsp3) is 0.444. The summed E-state index contributed by atoms with van der Waals surface area (Å²) >= 11 is 1.26. The van der Waals surface area contributed by atoms with Crippen LogP contribution in [0.2, 0.25) is 0 Å². The van der Waals surface area contributed by atoms with Crippen LogP contribution in [0, 0.1) is 24.2 Å². The Morgan fingerprint density at radius 3 is 2.55 bits per heavy atom. The second kappa shape index (κ2) is 8.88. The van der Waals surface area contributed by atoms with Crippen molar-refractivity contribution in [2.45, 2.75) is 46.0 Å². The molecule has 3 unspecified atom stereocenters. The molecular formula is C27H26F3N5O4S. The highest BCUT2D eigenvalue weighted by Gasteiger charge is 2.72. The lowest BCUT2D eigenvalue weighted by Gasteiger charge is -2.21. The number of aromatic nitrogens is 2. The van der Waals surface area contributed by atoms with Gasteiger partial charge >= 0.3 is 12.3 Å². The molecule has 3 amide bonds. The van der Waals surface area contributed by atoms with E-state index in [1.807, 2.05) is 13.8 Å². The first-order valence-electron chi connectivity index (χ1n) is 12.8. The third-order valence-electron chi connectivity index (χ3n) is 8.24. The maximum Gasteiger partial charge on any atom is 0.433 e. The van der Waals surface area contributed by atoms with Gasteiger partial charge in [-0.05, 0) is 42.5 Å². The molecule has 13 heteroatoms. The van der Waals surface area contributed by atoms with Gasteiger partial charge in [0.25, 0.3) is 0 Å². The Morgan fingerprint density at radius 2 is 1.93 bits per heavy atom. The molecule has 1 saturated carbocycles. The van der Waals surface area contributed by atoms with Gasteiger partial charge in [-0.1, -0.05) is 13.8 Å². The summed E-state index contributed by atoms with van der Waals surface area (Å²) in [6.45, 7) is 5.96. The van der Waals surface area contributed by atoms with Crippen molar-refractivity contribution >= 4 is 45.1 Å². The molecule has 3 aromatic heterocycles. The number of halogens is 3. The first-order chi connectivity index (χ1) is 18.8. The predicted octanol–water partition coefficient (Wildman–Crippen LogP) is 4.99. The number of hydrogen-bond donors (Lipinski definition) is 2. The number of carboxylic acid groups (broad SMARTS) is 1. The summed E-state index contributed by atoms with van der Waals surface area (Å²) in [5, 5.41) is 12.6. The number of hydrogen-bond acceptors (Lipinski definition) is 7. The lowest BCUT2D eigenvalue weighted by atomic mass is 10.0. The van der Waals surface area contributed by atoms with Crippen LogP contribution < -0.4 is 5.32 Å². The topological polar surface area (TPSA) is 116 Å². The number of fused-ring (bicyclic) bond motifs is 2. The second-order valence-corrected chi connectivity index (χ2v) is 12.4. The lowest BCUT2D eigenvalue weighted by molar-refractivity contribution is -0.144. The summed E-state index contributed by atoms with van der Waals surface area (Å²) in [7, 11) is 0. The van der Waals surface area contributed by atoms with Gasteiger partial charge in [-0.2, -0.15) is 13.2 Å². The van der Waals surface area contributed by atoms with Crippen LogP contribution in [-0.4, -0.2) is 61.9 Å². The molecule has 3 aromatic rings. The second-order valence-electron chi connectivity index (χ2n) is 11.2. The van der Waals surface area contributed by atoms with Crippen LogP contribution in [0.1, 0.15) is 36.4 Å². The molecule has 2 aliphatic heterocycles. The zero-order chi connectivity index (χ0) is 28.7. The Balaban J connectivity index is 1.38. The smallest absolute Gasteiger partial charge is 0.433 e. The molecule has 1 aliphatic carbocycles. The van der Waals surface area contributed by atoms with E-state index in [9.17, 15) is 32.7 Å². The number of rotatable bonds is 5. The largest absolute Gasteiger partial charge is 0.465 e. The molecule has 0 radical (unpaired) electrons. The average Bonchev–Trinajstić information content (AvgIpc) is 3.29. The van der Waals surface area contributed by atoms with E-state index in [4.69, 9.17) is 0 Å². The van der Waals surface area contributed by atoms with Gasteiger partial charge in [-0.25, -0.2) is 9.78 Å². The van der Waals surface area contributed by atoms with Crippen molar-refractivity contribution in [1.82, 2.24) is 19.8 Å². The highest BCUT2D eigenvalue weighted by Crippen LogP contribution is 2.63. The van der Waals surface area contributed by atoms with E-state index >= 15 is 0 Å². The molecule has 210 valence electrons. The van der Waals surface area contributed by atoms with Crippen molar-refractivity contribution in [2.24, 2.45) is 17.3 Å². The van der Waals surface area contributed by atoms with Crippen molar-refractivity contribution in [1.29, 1.82) is 0 Å². The molecule has 5 heterocycles. The molecule has 0 bridgehead atoms. The lowest BCUT2D eigenvalue weighted by Crippen LogP contribution is -2.35. The number of pyridine rings is 2. The molecule has 2 N–H and O–H groups in total.